The van der Waals surface area contributed by atoms with E-state index in [4.69, 9.17) is 18.8 Å². The SMILES string of the molecule is CCO[CH-][C@@H](C)OCC.[C-]#[O+].[C-]#[O+].[CH]1C=CC=C1.[Fe]. The summed E-state index contributed by atoms with van der Waals surface area (Å²) in [5, 5.41) is 0. The van der Waals surface area contributed by atoms with Gasteiger partial charge in [0, 0.05) is 36.7 Å². The molecule has 0 bridgehead atoms. The van der Waals surface area contributed by atoms with Gasteiger partial charge in [-0.1, -0.05) is 31.2 Å². The van der Waals surface area contributed by atoms with Crippen molar-refractivity contribution in [3.8, 4) is 0 Å². The summed E-state index contributed by atoms with van der Waals surface area (Å²) in [6.45, 7) is 18.1. The van der Waals surface area contributed by atoms with E-state index in [2.05, 4.69) is 13.3 Å². The summed E-state index contributed by atoms with van der Waals surface area (Å²) in [7, 11) is 0. The molecule has 0 saturated heterocycles. The van der Waals surface area contributed by atoms with Gasteiger partial charge in [-0.05, 0) is 20.0 Å². The molecule has 19 heavy (non-hydrogen) atoms. The fraction of sp³-hybridized carbons (Fsp3) is 0.429. The van der Waals surface area contributed by atoms with Crippen LogP contribution in [-0.4, -0.2) is 19.3 Å². The van der Waals surface area contributed by atoms with E-state index in [0.29, 0.717) is 0 Å². The largest absolute Gasteiger partial charge is 0.0767 e. The van der Waals surface area contributed by atoms with Crippen LogP contribution >= 0.6 is 0 Å². The Labute approximate surface area is 127 Å². The summed E-state index contributed by atoms with van der Waals surface area (Å²) in [6, 6.07) is 0. The quantitative estimate of drug-likeness (QED) is 0.445. The van der Waals surface area contributed by atoms with E-state index in [-0.39, 0.29) is 23.2 Å². The molecule has 4 nitrogen and oxygen atoms in total. The second kappa shape index (κ2) is 30.4. The van der Waals surface area contributed by atoms with Crippen LogP contribution in [0.2, 0.25) is 0 Å². The molecule has 109 valence electrons. The molecule has 0 saturated carbocycles. The number of allylic oxidation sites excluding steroid dienone is 4. The topological polar surface area (TPSA) is 58.3 Å². The van der Waals surface area contributed by atoms with Crippen molar-refractivity contribution < 1.29 is 35.8 Å². The molecule has 1 aliphatic carbocycles. The van der Waals surface area contributed by atoms with Crippen LogP contribution in [0.1, 0.15) is 20.8 Å². The predicted octanol–water partition coefficient (Wildman–Crippen LogP) is 2.85. The van der Waals surface area contributed by atoms with E-state index in [1.807, 2.05) is 51.5 Å². The van der Waals surface area contributed by atoms with Crippen LogP contribution in [0, 0.1) is 26.3 Å². The zero-order valence-electron chi connectivity index (χ0n) is 11.4. The minimum atomic E-state index is 0. The molecule has 5 heteroatoms. The minimum Gasteiger partial charge on any atom is -0.0767 e. The van der Waals surface area contributed by atoms with Gasteiger partial charge in [0.1, 0.15) is 0 Å². The molecule has 0 unspecified atom stereocenters. The first kappa shape index (κ1) is 26.9. The van der Waals surface area contributed by atoms with Gasteiger partial charge in [-0.3, -0.25) is 0 Å². The molecule has 0 aromatic rings. The Morgan fingerprint density at radius 1 is 1.00 bits per heavy atom. The van der Waals surface area contributed by atoms with Crippen LogP contribution in [0.5, 0.6) is 0 Å². The van der Waals surface area contributed by atoms with Crippen LogP contribution in [0.15, 0.2) is 24.3 Å². The average molecular weight is 308 g/mol. The van der Waals surface area contributed by atoms with Crippen LogP contribution in [0.3, 0.4) is 0 Å². The summed E-state index contributed by atoms with van der Waals surface area (Å²) in [6.07, 6.45) is 10.1. The van der Waals surface area contributed by atoms with Crippen LogP contribution in [0.4, 0.5) is 0 Å². The molecular formula is C14H20FeO4-. The van der Waals surface area contributed by atoms with Gasteiger partial charge in [-0.25, -0.2) is 0 Å². The molecule has 0 aromatic heterocycles. The van der Waals surface area contributed by atoms with Crippen molar-refractivity contribution in [1.82, 2.24) is 0 Å². The Bertz CT molecular complexity index is 218. The second-order valence-electron chi connectivity index (χ2n) is 2.71. The summed E-state index contributed by atoms with van der Waals surface area (Å²) >= 11 is 0. The zero-order valence-corrected chi connectivity index (χ0v) is 12.5. The molecule has 0 aliphatic heterocycles. The Hall–Kier alpha value is -0.601. The third kappa shape index (κ3) is 31.8. The normalized spacial score (nSPS) is 11.3. The van der Waals surface area contributed by atoms with E-state index < -0.39 is 0 Å². The summed E-state index contributed by atoms with van der Waals surface area (Å²) in [5.74, 6) is 0. The number of hydrogen-bond acceptors (Lipinski definition) is 2. The van der Waals surface area contributed by atoms with E-state index in [1.54, 1.807) is 6.61 Å². The fourth-order valence-electron chi connectivity index (χ4n) is 0.855. The Balaban J connectivity index is -0.0000000956. The Kier molecular flexibility index (Phi) is 43.0. The third-order valence-corrected chi connectivity index (χ3v) is 1.44. The molecule has 1 radical (unpaired) electrons. The van der Waals surface area contributed by atoms with Crippen molar-refractivity contribution >= 4 is 0 Å². The van der Waals surface area contributed by atoms with Gasteiger partial charge in [0.25, 0.3) is 0 Å². The molecule has 1 atom stereocenters. The molecule has 1 rings (SSSR count). The van der Waals surface area contributed by atoms with Crippen LogP contribution in [0.25, 0.3) is 0 Å². The van der Waals surface area contributed by atoms with Gasteiger partial charge in [0.05, 0.1) is 0 Å². The third-order valence-electron chi connectivity index (χ3n) is 1.44. The molecule has 0 fully saturated rings. The number of rotatable bonds is 5. The van der Waals surface area contributed by atoms with Gasteiger partial charge in [-0.2, -0.15) is 6.61 Å². The minimum absolute atomic E-state index is 0. The molecule has 0 amide bonds. The van der Waals surface area contributed by atoms with Crippen molar-refractivity contribution in [2.45, 2.75) is 26.9 Å². The van der Waals surface area contributed by atoms with Crippen LogP contribution < -0.4 is 0 Å². The van der Waals surface area contributed by atoms with Gasteiger partial charge >= 0.3 is 22.6 Å². The van der Waals surface area contributed by atoms with Crippen molar-refractivity contribution in [3.63, 3.8) is 0 Å². The molecule has 0 heterocycles. The summed E-state index contributed by atoms with van der Waals surface area (Å²) < 4.78 is 25.2. The summed E-state index contributed by atoms with van der Waals surface area (Å²) in [5.41, 5.74) is 0. The Morgan fingerprint density at radius 3 is 1.74 bits per heavy atom. The predicted molar refractivity (Wildman–Crippen MR) is 67.5 cm³/mol. The maximum Gasteiger partial charge on any atom is 0.00506 e. The maximum atomic E-state index is 7.50. The molecular weight excluding hydrogens is 288 g/mol. The number of hydrogen-bond donors (Lipinski definition) is 0. The molecule has 0 aromatic carbocycles. The standard InChI is InChI=1S/C7H15O2.C5H5.2CO.Fe/c1-4-8-6-7(3)9-5-2;1-2-4-5-3-1;2*1-2;/h6-7H,4-5H2,1-3H3;1-5H;;;/q-1;;;;/t7-;;;;/m1..../s1. The number of ether oxygens (including phenoxy) is 2. The van der Waals surface area contributed by atoms with E-state index in [1.165, 1.54) is 0 Å². The van der Waals surface area contributed by atoms with E-state index in [9.17, 15) is 0 Å². The van der Waals surface area contributed by atoms with E-state index in [0.717, 1.165) is 13.2 Å². The van der Waals surface area contributed by atoms with Crippen molar-refractivity contribution in [1.29, 1.82) is 0 Å². The molecule has 0 N–H and O–H groups in total. The fourth-order valence-corrected chi connectivity index (χ4v) is 0.855. The Morgan fingerprint density at radius 2 is 1.47 bits per heavy atom. The van der Waals surface area contributed by atoms with E-state index >= 15 is 0 Å². The van der Waals surface area contributed by atoms with Crippen molar-refractivity contribution in [2.24, 2.45) is 0 Å². The van der Waals surface area contributed by atoms with Gasteiger partial charge < -0.3 is 9.47 Å². The van der Waals surface area contributed by atoms with Crippen molar-refractivity contribution in [3.05, 3.63) is 50.6 Å². The molecule has 1 aliphatic rings. The summed E-state index contributed by atoms with van der Waals surface area (Å²) in [4.78, 5) is 0. The van der Waals surface area contributed by atoms with Crippen LogP contribution in [-0.2, 0) is 35.8 Å². The van der Waals surface area contributed by atoms with Crippen molar-refractivity contribution in [2.75, 3.05) is 13.2 Å². The molecule has 0 spiro atoms. The maximum absolute atomic E-state index is 7.50. The first-order valence-electron chi connectivity index (χ1n) is 5.45. The zero-order chi connectivity index (χ0) is 14.6. The first-order valence-corrected chi connectivity index (χ1v) is 5.45. The van der Waals surface area contributed by atoms with Gasteiger partial charge in [0.2, 0.25) is 0 Å². The smallest absolute Gasteiger partial charge is 0.00506 e. The van der Waals surface area contributed by atoms with Gasteiger partial charge in [0.15, 0.2) is 0 Å². The monoisotopic (exact) mass is 308 g/mol. The average Bonchev–Trinajstić information content (AvgIpc) is 3.01. The second-order valence-corrected chi connectivity index (χ2v) is 2.71. The first-order chi connectivity index (χ1) is 8.81. The van der Waals surface area contributed by atoms with Gasteiger partial charge in [-0.15, -0.1) is 0 Å².